The van der Waals surface area contributed by atoms with Crippen molar-refractivity contribution >= 4 is 23.5 Å². The van der Waals surface area contributed by atoms with Gasteiger partial charge in [0.25, 0.3) is 5.91 Å². The van der Waals surface area contributed by atoms with Gasteiger partial charge in [-0.1, -0.05) is 19.9 Å². The van der Waals surface area contributed by atoms with Crippen molar-refractivity contribution in [3.05, 3.63) is 29.8 Å². The monoisotopic (exact) mass is 306 g/mol. The molecule has 120 valence electrons. The molecule has 2 amide bonds. The number of ether oxygens (including phenoxy) is 1. The van der Waals surface area contributed by atoms with E-state index in [9.17, 15) is 14.4 Å². The van der Waals surface area contributed by atoms with Gasteiger partial charge in [-0.3, -0.25) is 9.59 Å². The molecule has 0 fully saturated rings. The largest absolute Gasteiger partial charge is 0.452 e. The fourth-order valence-electron chi connectivity index (χ4n) is 1.90. The van der Waals surface area contributed by atoms with Crippen LogP contribution in [0.3, 0.4) is 0 Å². The third kappa shape index (κ3) is 5.95. The van der Waals surface area contributed by atoms with Crippen LogP contribution in [0.15, 0.2) is 24.3 Å². The fraction of sp³-hybridized carbons (Fsp3) is 0.438. The SMILES string of the molecule is CCC(CC)NC(=O)COC(=O)c1cccc(NC(C)=O)c1. The second kappa shape index (κ2) is 8.81. The number of hydrogen-bond acceptors (Lipinski definition) is 4. The van der Waals surface area contributed by atoms with Crippen LogP contribution < -0.4 is 10.6 Å². The van der Waals surface area contributed by atoms with Gasteiger partial charge in [0.05, 0.1) is 5.56 Å². The van der Waals surface area contributed by atoms with Gasteiger partial charge in [-0.2, -0.15) is 0 Å². The Morgan fingerprint density at radius 2 is 1.86 bits per heavy atom. The molecule has 1 rings (SSSR count). The van der Waals surface area contributed by atoms with E-state index < -0.39 is 5.97 Å². The summed E-state index contributed by atoms with van der Waals surface area (Å²) in [5, 5.41) is 5.37. The van der Waals surface area contributed by atoms with Crippen LogP contribution in [-0.4, -0.2) is 30.4 Å². The van der Waals surface area contributed by atoms with Crippen molar-refractivity contribution in [2.45, 2.75) is 39.7 Å². The van der Waals surface area contributed by atoms with Gasteiger partial charge < -0.3 is 15.4 Å². The number of carbonyl (C=O) groups excluding carboxylic acids is 3. The first-order valence-electron chi connectivity index (χ1n) is 7.30. The van der Waals surface area contributed by atoms with Crippen LogP contribution in [0.2, 0.25) is 0 Å². The van der Waals surface area contributed by atoms with Crippen molar-refractivity contribution in [2.24, 2.45) is 0 Å². The molecule has 22 heavy (non-hydrogen) atoms. The van der Waals surface area contributed by atoms with Crippen LogP contribution in [0.4, 0.5) is 5.69 Å². The van der Waals surface area contributed by atoms with E-state index in [1.54, 1.807) is 18.2 Å². The zero-order chi connectivity index (χ0) is 16.5. The number of nitrogens with one attached hydrogen (secondary N) is 2. The summed E-state index contributed by atoms with van der Waals surface area (Å²) in [7, 11) is 0. The third-order valence-electron chi connectivity index (χ3n) is 3.10. The van der Waals surface area contributed by atoms with Crippen LogP contribution in [0.1, 0.15) is 44.0 Å². The maximum absolute atomic E-state index is 11.9. The predicted molar refractivity (Wildman–Crippen MR) is 83.5 cm³/mol. The summed E-state index contributed by atoms with van der Waals surface area (Å²) in [6.45, 7) is 5.02. The van der Waals surface area contributed by atoms with Crippen molar-refractivity contribution in [1.29, 1.82) is 0 Å². The summed E-state index contributed by atoms with van der Waals surface area (Å²) in [6.07, 6.45) is 1.66. The van der Waals surface area contributed by atoms with Crippen molar-refractivity contribution < 1.29 is 19.1 Å². The molecule has 0 aromatic heterocycles. The van der Waals surface area contributed by atoms with E-state index in [0.29, 0.717) is 5.69 Å². The van der Waals surface area contributed by atoms with E-state index in [1.165, 1.54) is 13.0 Å². The van der Waals surface area contributed by atoms with Crippen LogP contribution in [0.25, 0.3) is 0 Å². The van der Waals surface area contributed by atoms with E-state index in [4.69, 9.17) is 4.74 Å². The zero-order valence-electron chi connectivity index (χ0n) is 13.1. The van der Waals surface area contributed by atoms with E-state index in [1.807, 2.05) is 13.8 Å². The minimum Gasteiger partial charge on any atom is -0.452 e. The second-order valence-corrected chi connectivity index (χ2v) is 4.92. The zero-order valence-corrected chi connectivity index (χ0v) is 13.1. The smallest absolute Gasteiger partial charge is 0.338 e. The first-order chi connectivity index (χ1) is 10.5. The van der Waals surface area contributed by atoms with Gasteiger partial charge in [-0.15, -0.1) is 0 Å². The molecule has 6 nitrogen and oxygen atoms in total. The number of rotatable bonds is 7. The predicted octanol–water partition coefficient (Wildman–Crippen LogP) is 2.11. The summed E-state index contributed by atoms with van der Waals surface area (Å²) in [5.41, 5.74) is 0.782. The molecule has 6 heteroatoms. The Morgan fingerprint density at radius 3 is 2.45 bits per heavy atom. The van der Waals surface area contributed by atoms with Gasteiger partial charge in [-0.25, -0.2) is 4.79 Å². The van der Waals surface area contributed by atoms with Crippen LogP contribution in [0.5, 0.6) is 0 Å². The Kier molecular flexibility index (Phi) is 7.08. The molecule has 1 aromatic carbocycles. The standard InChI is InChI=1S/C16H22N2O4/c1-4-13(5-2)18-15(20)10-22-16(21)12-7-6-8-14(9-12)17-11(3)19/h6-9,13H,4-5,10H2,1-3H3,(H,17,19)(H,18,20). The van der Waals surface area contributed by atoms with Gasteiger partial charge in [0, 0.05) is 18.7 Å². The maximum Gasteiger partial charge on any atom is 0.338 e. The van der Waals surface area contributed by atoms with Crippen molar-refractivity contribution in [2.75, 3.05) is 11.9 Å². The Hall–Kier alpha value is -2.37. The molecule has 0 saturated heterocycles. The molecule has 0 atom stereocenters. The van der Waals surface area contributed by atoms with E-state index in [2.05, 4.69) is 10.6 Å². The lowest BCUT2D eigenvalue weighted by Crippen LogP contribution is -2.36. The fourth-order valence-corrected chi connectivity index (χ4v) is 1.90. The molecule has 2 N–H and O–H groups in total. The average molecular weight is 306 g/mol. The highest BCUT2D eigenvalue weighted by atomic mass is 16.5. The lowest BCUT2D eigenvalue weighted by molar-refractivity contribution is -0.125. The van der Waals surface area contributed by atoms with Gasteiger partial charge >= 0.3 is 5.97 Å². The van der Waals surface area contributed by atoms with E-state index in [0.717, 1.165) is 12.8 Å². The number of hydrogen-bond donors (Lipinski definition) is 2. The maximum atomic E-state index is 11.9. The van der Waals surface area contributed by atoms with Crippen LogP contribution in [0, 0.1) is 0 Å². The molecule has 0 unspecified atom stereocenters. The van der Waals surface area contributed by atoms with Gasteiger partial charge in [0.1, 0.15) is 0 Å². The number of benzene rings is 1. The highest BCUT2D eigenvalue weighted by Crippen LogP contribution is 2.11. The molecule has 0 aliphatic heterocycles. The topological polar surface area (TPSA) is 84.5 Å². The minimum atomic E-state index is -0.605. The Labute approximate surface area is 130 Å². The van der Waals surface area contributed by atoms with Crippen molar-refractivity contribution in [1.82, 2.24) is 5.32 Å². The van der Waals surface area contributed by atoms with Crippen molar-refractivity contribution in [3.63, 3.8) is 0 Å². The molecule has 0 heterocycles. The van der Waals surface area contributed by atoms with Gasteiger partial charge in [0.15, 0.2) is 6.61 Å². The number of anilines is 1. The Balaban J connectivity index is 2.55. The lowest BCUT2D eigenvalue weighted by Gasteiger charge is -2.14. The third-order valence-corrected chi connectivity index (χ3v) is 3.10. The highest BCUT2D eigenvalue weighted by Gasteiger charge is 2.13. The number of amides is 2. The normalized spacial score (nSPS) is 10.2. The quantitative estimate of drug-likeness (QED) is 0.756. The first-order valence-corrected chi connectivity index (χ1v) is 7.30. The molecule has 0 radical (unpaired) electrons. The van der Waals surface area contributed by atoms with Crippen LogP contribution in [-0.2, 0) is 14.3 Å². The van der Waals surface area contributed by atoms with E-state index in [-0.39, 0.29) is 30.0 Å². The minimum absolute atomic E-state index is 0.0919. The van der Waals surface area contributed by atoms with Crippen molar-refractivity contribution in [3.8, 4) is 0 Å². The summed E-state index contributed by atoms with van der Waals surface area (Å²) in [6, 6.07) is 6.45. The summed E-state index contributed by atoms with van der Waals surface area (Å²) < 4.78 is 4.98. The van der Waals surface area contributed by atoms with Gasteiger partial charge in [-0.05, 0) is 31.0 Å². The molecular weight excluding hydrogens is 284 g/mol. The Bertz CT molecular complexity index is 539. The molecule has 0 aliphatic carbocycles. The molecule has 0 aliphatic rings. The molecule has 0 saturated carbocycles. The lowest BCUT2D eigenvalue weighted by atomic mass is 10.2. The van der Waals surface area contributed by atoms with E-state index >= 15 is 0 Å². The first kappa shape index (κ1) is 17.7. The van der Waals surface area contributed by atoms with Gasteiger partial charge in [0.2, 0.25) is 5.91 Å². The number of esters is 1. The molecule has 0 spiro atoms. The summed E-state index contributed by atoms with van der Waals surface area (Å²) >= 11 is 0. The number of carbonyl (C=O) groups is 3. The molecule has 0 bridgehead atoms. The molecule has 1 aromatic rings. The average Bonchev–Trinajstić information content (AvgIpc) is 2.49. The highest BCUT2D eigenvalue weighted by molar-refractivity contribution is 5.94. The summed E-state index contributed by atoms with van der Waals surface area (Å²) in [4.78, 5) is 34.6. The summed E-state index contributed by atoms with van der Waals surface area (Å²) in [5.74, 6) is -1.15. The second-order valence-electron chi connectivity index (χ2n) is 4.92. The van der Waals surface area contributed by atoms with Crippen LogP contribution >= 0.6 is 0 Å². The Morgan fingerprint density at radius 1 is 1.18 bits per heavy atom. The molecular formula is C16H22N2O4.